The average molecular weight is 239 g/mol. The minimum absolute atomic E-state index is 0.0933. The lowest BCUT2D eigenvalue weighted by Crippen LogP contribution is -1.95. The molecular weight excluding hydrogens is 226 g/mol. The minimum atomic E-state index is -0.0933. The van der Waals surface area contributed by atoms with Crippen molar-refractivity contribution in [2.45, 2.75) is 13.5 Å². The number of aliphatic hydroxyl groups is 1. The molecule has 0 spiro atoms. The molecule has 0 heterocycles. The van der Waals surface area contributed by atoms with Gasteiger partial charge in [0, 0.05) is 5.56 Å². The van der Waals surface area contributed by atoms with Crippen molar-refractivity contribution in [2.75, 3.05) is 0 Å². The first-order chi connectivity index (χ1) is 8.76. The molecule has 2 rings (SSSR count). The molecular formula is C15H13NO2. The highest BCUT2D eigenvalue weighted by atomic mass is 16.5. The number of aryl methyl sites for hydroxylation is 1. The van der Waals surface area contributed by atoms with Crippen molar-refractivity contribution in [1.29, 1.82) is 5.26 Å². The highest BCUT2D eigenvalue weighted by Crippen LogP contribution is 2.30. The standard InChI is InChI=1S/C15H13NO2/c1-11-5-4-7-12(9-16)15(11)18-14-8-3-2-6-13(14)10-17/h2-8,17H,10H2,1H3. The predicted molar refractivity (Wildman–Crippen MR) is 68.3 cm³/mol. The van der Waals surface area contributed by atoms with E-state index in [0.29, 0.717) is 22.6 Å². The summed E-state index contributed by atoms with van der Waals surface area (Å²) in [5.41, 5.74) is 2.08. The molecule has 0 saturated carbocycles. The van der Waals surface area contributed by atoms with E-state index in [9.17, 15) is 5.11 Å². The molecule has 0 saturated heterocycles. The second kappa shape index (κ2) is 5.35. The van der Waals surface area contributed by atoms with Gasteiger partial charge >= 0.3 is 0 Å². The molecule has 0 atom stereocenters. The van der Waals surface area contributed by atoms with Crippen molar-refractivity contribution < 1.29 is 9.84 Å². The third kappa shape index (κ3) is 2.34. The monoisotopic (exact) mass is 239 g/mol. The maximum Gasteiger partial charge on any atom is 0.148 e. The summed E-state index contributed by atoms with van der Waals surface area (Å²) in [6, 6.07) is 14.8. The van der Waals surface area contributed by atoms with Gasteiger partial charge in [-0.2, -0.15) is 5.26 Å². The number of nitrogens with zero attached hydrogens (tertiary/aromatic N) is 1. The zero-order valence-electron chi connectivity index (χ0n) is 10.1. The van der Waals surface area contributed by atoms with Crippen LogP contribution in [0.1, 0.15) is 16.7 Å². The lowest BCUT2D eigenvalue weighted by molar-refractivity contribution is 0.276. The van der Waals surface area contributed by atoms with Crippen LogP contribution in [0.25, 0.3) is 0 Å². The molecule has 2 aromatic carbocycles. The van der Waals surface area contributed by atoms with Crippen molar-refractivity contribution in [3.63, 3.8) is 0 Å². The number of hydrogen-bond acceptors (Lipinski definition) is 3. The molecule has 0 bridgehead atoms. The van der Waals surface area contributed by atoms with Gasteiger partial charge in [-0.1, -0.05) is 30.3 Å². The zero-order valence-corrected chi connectivity index (χ0v) is 10.1. The Balaban J connectivity index is 2.43. The lowest BCUT2D eigenvalue weighted by atomic mass is 10.1. The van der Waals surface area contributed by atoms with Crippen LogP contribution in [0, 0.1) is 18.3 Å². The molecule has 0 unspecified atom stereocenters. The summed E-state index contributed by atoms with van der Waals surface area (Å²) in [6.07, 6.45) is 0. The third-order valence-corrected chi connectivity index (χ3v) is 2.69. The van der Waals surface area contributed by atoms with Gasteiger partial charge in [0.1, 0.15) is 17.6 Å². The number of para-hydroxylation sites is 2. The summed E-state index contributed by atoms with van der Waals surface area (Å²) >= 11 is 0. The summed E-state index contributed by atoms with van der Waals surface area (Å²) < 4.78 is 5.77. The Labute approximate surface area is 106 Å². The van der Waals surface area contributed by atoms with Crippen molar-refractivity contribution in [3.8, 4) is 17.6 Å². The average Bonchev–Trinajstić information content (AvgIpc) is 2.41. The van der Waals surface area contributed by atoms with E-state index in [2.05, 4.69) is 6.07 Å². The van der Waals surface area contributed by atoms with E-state index in [1.807, 2.05) is 31.2 Å². The van der Waals surface area contributed by atoms with Crippen molar-refractivity contribution in [3.05, 3.63) is 59.2 Å². The van der Waals surface area contributed by atoms with Gasteiger partial charge in [-0.25, -0.2) is 0 Å². The highest BCUT2D eigenvalue weighted by Gasteiger charge is 2.09. The topological polar surface area (TPSA) is 53.2 Å². The summed E-state index contributed by atoms with van der Waals surface area (Å²) in [7, 11) is 0. The van der Waals surface area contributed by atoms with Gasteiger partial charge in [0.15, 0.2) is 0 Å². The second-order valence-corrected chi connectivity index (χ2v) is 3.93. The largest absolute Gasteiger partial charge is 0.455 e. The van der Waals surface area contributed by atoms with Crippen LogP contribution < -0.4 is 4.74 Å². The van der Waals surface area contributed by atoms with Gasteiger partial charge in [-0.05, 0) is 24.6 Å². The Morgan fingerprint density at radius 2 is 1.94 bits per heavy atom. The molecule has 2 aromatic rings. The molecule has 90 valence electrons. The SMILES string of the molecule is Cc1cccc(C#N)c1Oc1ccccc1CO. The summed E-state index contributed by atoms with van der Waals surface area (Å²) in [5.74, 6) is 1.12. The first kappa shape index (κ1) is 12.2. The fourth-order valence-electron chi connectivity index (χ4n) is 1.72. The first-order valence-corrected chi connectivity index (χ1v) is 5.62. The second-order valence-electron chi connectivity index (χ2n) is 3.93. The number of hydrogen-bond donors (Lipinski definition) is 1. The van der Waals surface area contributed by atoms with Crippen molar-refractivity contribution >= 4 is 0 Å². The van der Waals surface area contributed by atoms with E-state index in [0.717, 1.165) is 5.56 Å². The van der Waals surface area contributed by atoms with Gasteiger partial charge in [0.2, 0.25) is 0 Å². The van der Waals surface area contributed by atoms with Gasteiger partial charge in [-0.3, -0.25) is 0 Å². The van der Waals surface area contributed by atoms with Crippen molar-refractivity contribution in [2.24, 2.45) is 0 Å². The van der Waals surface area contributed by atoms with Crippen LogP contribution in [0.3, 0.4) is 0 Å². The van der Waals surface area contributed by atoms with Crippen LogP contribution in [0.15, 0.2) is 42.5 Å². The van der Waals surface area contributed by atoms with Crippen molar-refractivity contribution in [1.82, 2.24) is 0 Å². The van der Waals surface area contributed by atoms with E-state index < -0.39 is 0 Å². The third-order valence-electron chi connectivity index (χ3n) is 2.69. The fourth-order valence-corrected chi connectivity index (χ4v) is 1.72. The zero-order chi connectivity index (χ0) is 13.0. The molecule has 0 fully saturated rings. The molecule has 0 aromatic heterocycles. The van der Waals surface area contributed by atoms with E-state index in [-0.39, 0.29) is 6.61 Å². The smallest absolute Gasteiger partial charge is 0.148 e. The van der Waals surface area contributed by atoms with Crippen LogP contribution in [-0.4, -0.2) is 5.11 Å². The Morgan fingerprint density at radius 3 is 2.67 bits per heavy atom. The number of ether oxygens (including phenoxy) is 1. The maximum absolute atomic E-state index is 9.25. The lowest BCUT2D eigenvalue weighted by Gasteiger charge is -2.12. The van der Waals surface area contributed by atoms with E-state index >= 15 is 0 Å². The van der Waals surface area contributed by atoms with Crippen LogP contribution in [0.4, 0.5) is 0 Å². The molecule has 0 aliphatic rings. The molecule has 0 aliphatic carbocycles. The Bertz CT molecular complexity index is 600. The maximum atomic E-state index is 9.25. The Morgan fingerprint density at radius 1 is 1.17 bits per heavy atom. The number of aliphatic hydroxyl groups excluding tert-OH is 1. The number of benzene rings is 2. The highest BCUT2D eigenvalue weighted by molar-refractivity contribution is 5.50. The molecule has 3 heteroatoms. The summed E-state index contributed by atoms with van der Waals surface area (Å²) in [5, 5.41) is 18.3. The fraction of sp³-hybridized carbons (Fsp3) is 0.133. The summed E-state index contributed by atoms with van der Waals surface area (Å²) in [4.78, 5) is 0. The number of nitriles is 1. The molecule has 0 aliphatic heterocycles. The normalized spacial score (nSPS) is 9.83. The van der Waals surface area contributed by atoms with Crippen LogP contribution >= 0.6 is 0 Å². The molecule has 0 amide bonds. The molecule has 1 N–H and O–H groups in total. The molecule has 0 radical (unpaired) electrons. The number of rotatable bonds is 3. The quantitative estimate of drug-likeness (QED) is 0.895. The van der Waals surface area contributed by atoms with Gasteiger partial charge in [0.05, 0.1) is 12.2 Å². The van der Waals surface area contributed by atoms with E-state index in [1.165, 1.54) is 0 Å². The minimum Gasteiger partial charge on any atom is -0.455 e. The molecule has 3 nitrogen and oxygen atoms in total. The van der Waals surface area contributed by atoms with Gasteiger partial charge in [-0.15, -0.1) is 0 Å². The van der Waals surface area contributed by atoms with Crippen LogP contribution in [-0.2, 0) is 6.61 Å². The Hall–Kier alpha value is -2.31. The molecule has 18 heavy (non-hydrogen) atoms. The van der Waals surface area contributed by atoms with Crippen LogP contribution in [0.5, 0.6) is 11.5 Å². The van der Waals surface area contributed by atoms with E-state index in [1.54, 1.807) is 18.2 Å². The van der Waals surface area contributed by atoms with E-state index in [4.69, 9.17) is 10.00 Å². The predicted octanol–water partition coefficient (Wildman–Crippen LogP) is 3.15. The van der Waals surface area contributed by atoms with Crippen LogP contribution in [0.2, 0.25) is 0 Å². The summed E-state index contributed by atoms with van der Waals surface area (Å²) in [6.45, 7) is 1.79. The first-order valence-electron chi connectivity index (χ1n) is 5.62. The Kier molecular flexibility index (Phi) is 3.61. The van der Waals surface area contributed by atoms with Gasteiger partial charge in [0.25, 0.3) is 0 Å². The van der Waals surface area contributed by atoms with Gasteiger partial charge < -0.3 is 9.84 Å².